The van der Waals surface area contributed by atoms with Crippen LogP contribution in [-0.4, -0.2) is 48.4 Å². The van der Waals surface area contributed by atoms with Gasteiger partial charge in [0.2, 0.25) is 0 Å². The van der Waals surface area contributed by atoms with E-state index >= 15 is 0 Å². The van der Waals surface area contributed by atoms with E-state index in [4.69, 9.17) is 15.2 Å². The van der Waals surface area contributed by atoms with E-state index in [1.165, 1.54) is 0 Å². The Morgan fingerprint density at radius 3 is 2.39 bits per heavy atom. The maximum absolute atomic E-state index is 11.8. The van der Waals surface area contributed by atoms with Crippen LogP contribution in [0.4, 0.5) is 4.79 Å². The topological polar surface area (TPSA) is 64.8 Å². The van der Waals surface area contributed by atoms with Crippen molar-refractivity contribution in [2.24, 2.45) is 5.73 Å². The predicted molar refractivity (Wildman–Crippen MR) is 70.4 cm³/mol. The highest BCUT2D eigenvalue weighted by molar-refractivity contribution is 5.68. The van der Waals surface area contributed by atoms with E-state index in [2.05, 4.69) is 0 Å². The van der Waals surface area contributed by atoms with E-state index in [1.54, 1.807) is 4.90 Å². The molecule has 5 nitrogen and oxygen atoms in total. The molecule has 1 aliphatic rings. The monoisotopic (exact) mass is 258 g/mol. The SMILES string of the molecule is CC(CN)OC1CCN(C(=O)OC(C)(C)C)CC1. The summed E-state index contributed by atoms with van der Waals surface area (Å²) < 4.78 is 11.1. The first-order valence-electron chi connectivity index (χ1n) is 6.65. The lowest BCUT2D eigenvalue weighted by Crippen LogP contribution is -2.44. The van der Waals surface area contributed by atoms with Crippen molar-refractivity contribution in [1.82, 2.24) is 4.90 Å². The van der Waals surface area contributed by atoms with Crippen LogP contribution >= 0.6 is 0 Å². The van der Waals surface area contributed by atoms with Gasteiger partial charge in [-0.05, 0) is 40.5 Å². The second-order valence-corrected chi connectivity index (χ2v) is 5.85. The van der Waals surface area contributed by atoms with Crippen LogP contribution in [0.25, 0.3) is 0 Å². The molecule has 0 aromatic rings. The third-order valence-corrected chi connectivity index (χ3v) is 2.85. The van der Waals surface area contributed by atoms with Gasteiger partial charge >= 0.3 is 6.09 Å². The van der Waals surface area contributed by atoms with Gasteiger partial charge in [-0.15, -0.1) is 0 Å². The normalized spacial score (nSPS) is 19.7. The van der Waals surface area contributed by atoms with E-state index < -0.39 is 5.60 Å². The molecular formula is C13H26N2O3. The second-order valence-electron chi connectivity index (χ2n) is 5.85. The van der Waals surface area contributed by atoms with E-state index in [0.717, 1.165) is 12.8 Å². The predicted octanol–water partition coefficient (Wildman–Crippen LogP) is 1.75. The maximum Gasteiger partial charge on any atom is 0.410 e. The lowest BCUT2D eigenvalue weighted by atomic mass is 10.1. The maximum atomic E-state index is 11.8. The zero-order valence-corrected chi connectivity index (χ0v) is 11.9. The van der Waals surface area contributed by atoms with Crippen molar-refractivity contribution in [3.63, 3.8) is 0 Å². The van der Waals surface area contributed by atoms with Crippen LogP contribution in [0.1, 0.15) is 40.5 Å². The Kier molecular flexibility index (Phi) is 5.41. The van der Waals surface area contributed by atoms with Crippen molar-refractivity contribution in [2.75, 3.05) is 19.6 Å². The van der Waals surface area contributed by atoms with Crippen molar-refractivity contribution in [3.8, 4) is 0 Å². The highest BCUT2D eigenvalue weighted by Crippen LogP contribution is 2.18. The molecule has 0 aromatic carbocycles. The van der Waals surface area contributed by atoms with Crippen LogP contribution in [0.5, 0.6) is 0 Å². The number of ether oxygens (including phenoxy) is 2. The molecule has 18 heavy (non-hydrogen) atoms. The smallest absolute Gasteiger partial charge is 0.410 e. The highest BCUT2D eigenvalue weighted by Gasteiger charge is 2.27. The lowest BCUT2D eigenvalue weighted by molar-refractivity contribution is -0.0364. The summed E-state index contributed by atoms with van der Waals surface area (Å²) in [4.78, 5) is 13.6. The quantitative estimate of drug-likeness (QED) is 0.837. The number of hydrogen-bond acceptors (Lipinski definition) is 4. The van der Waals surface area contributed by atoms with Gasteiger partial charge in [0.15, 0.2) is 0 Å². The van der Waals surface area contributed by atoms with Crippen LogP contribution in [0.2, 0.25) is 0 Å². The fourth-order valence-electron chi connectivity index (χ4n) is 1.89. The number of likely N-dealkylation sites (tertiary alicyclic amines) is 1. The minimum absolute atomic E-state index is 0.0862. The van der Waals surface area contributed by atoms with Crippen molar-refractivity contribution < 1.29 is 14.3 Å². The lowest BCUT2D eigenvalue weighted by Gasteiger charge is -2.34. The van der Waals surface area contributed by atoms with Crippen LogP contribution < -0.4 is 5.73 Å². The molecule has 1 fully saturated rings. The molecule has 1 atom stereocenters. The summed E-state index contributed by atoms with van der Waals surface area (Å²) in [5, 5.41) is 0. The minimum Gasteiger partial charge on any atom is -0.444 e. The highest BCUT2D eigenvalue weighted by atomic mass is 16.6. The largest absolute Gasteiger partial charge is 0.444 e. The van der Waals surface area contributed by atoms with Crippen LogP contribution in [0.3, 0.4) is 0 Å². The van der Waals surface area contributed by atoms with Crippen molar-refractivity contribution >= 4 is 6.09 Å². The Bertz CT molecular complexity index is 268. The molecule has 1 rings (SSSR count). The van der Waals surface area contributed by atoms with Gasteiger partial charge in [-0.2, -0.15) is 0 Å². The Balaban J connectivity index is 2.33. The average Bonchev–Trinajstić information content (AvgIpc) is 2.27. The third-order valence-electron chi connectivity index (χ3n) is 2.85. The number of rotatable bonds is 3. The summed E-state index contributed by atoms with van der Waals surface area (Å²) in [6, 6.07) is 0. The fourth-order valence-corrected chi connectivity index (χ4v) is 1.89. The first-order valence-corrected chi connectivity index (χ1v) is 6.65. The van der Waals surface area contributed by atoms with Gasteiger partial charge in [0, 0.05) is 19.6 Å². The summed E-state index contributed by atoms with van der Waals surface area (Å²) in [5.41, 5.74) is 5.09. The number of nitrogens with two attached hydrogens (primary N) is 1. The summed E-state index contributed by atoms with van der Waals surface area (Å²) in [7, 11) is 0. The number of nitrogens with zero attached hydrogens (tertiary/aromatic N) is 1. The zero-order chi connectivity index (χ0) is 13.8. The molecule has 0 radical (unpaired) electrons. The Hall–Kier alpha value is -0.810. The Morgan fingerprint density at radius 2 is 1.94 bits per heavy atom. The number of carbonyl (C=O) groups excluding carboxylic acids is 1. The summed E-state index contributed by atoms with van der Waals surface area (Å²) in [6.45, 7) is 9.53. The minimum atomic E-state index is -0.432. The molecule has 0 saturated carbocycles. The zero-order valence-electron chi connectivity index (χ0n) is 11.9. The molecular weight excluding hydrogens is 232 g/mol. The molecule has 1 amide bonds. The van der Waals surface area contributed by atoms with Crippen molar-refractivity contribution in [2.45, 2.75) is 58.3 Å². The fraction of sp³-hybridized carbons (Fsp3) is 0.923. The van der Waals surface area contributed by atoms with Gasteiger partial charge in [0.25, 0.3) is 0 Å². The molecule has 1 unspecified atom stereocenters. The second kappa shape index (κ2) is 6.38. The van der Waals surface area contributed by atoms with Crippen LogP contribution in [0.15, 0.2) is 0 Å². The first-order chi connectivity index (χ1) is 8.31. The van der Waals surface area contributed by atoms with Crippen LogP contribution in [0, 0.1) is 0 Å². The van der Waals surface area contributed by atoms with E-state index in [-0.39, 0.29) is 18.3 Å². The molecule has 0 aromatic heterocycles. The Labute approximate surface area is 110 Å². The molecule has 2 N–H and O–H groups in total. The van der Waals surface area contributed by atoms with Gasteiger partial charge in [0.1, 0.15) is 5.60 Å². The standard InChI is InChI=1S/C13H26N2O3/c1-10(9-14)17-11-5-7-15(8-6-11)12(16)18-13(2,3)4/h10-11H,5-9,14H2,1-4H3. The molecule has 1 saturated heterocycles. The van der Waals surface area contributed by atoms with Gasteiger partial charge in [0.05, 0.1) is 12.2 Å². The molecule has 106 valence electrons. The van der Waals surface area contributed by atoms with E-state index in [0.29, 0.717) is 19.6 Å². The molecule has 1 heterocycles. The summed E-state index contributed by atoms with van der Waals surface area (Å²) >= 11 is 0. The summed E-state index contributed by atoms with van der Waals surface area (Å²) in [5.74, 6) is 0. The number of amides is 1. The number of hydrogen-bond donors (Lipinski definition) is 1. The number of carbonyl (C=O) groups is 1. The number of piperidine rings is 1. The average molecular weight is 258 g/mol. The third kappa shape index (κ3) is 5.23. The van der Waals surface area contributed by atoms with Gasteiger partial charge in [-0.3, -0.25) is 0 Å². The van der Waals surface area contributed by atoms with Gasteiger partial charge in [-0.25, -0.2) is 4.79 Å². The van der Waals surface area contributed by atoms with E-state index in [1.807, 2.05) is 27.7 Å². The van der Waals surface area contributed by atoms with Gasteiger partial charge < -0.3 is 20.1 Å². The summed E-state index contributed by atoms with van der Waals surface area (Å²) in [6.07, 6.45) is 1.77. The van der Waals surface area contributed by atoms with E-state index in [9.17, 15) is 4.79 Å². The van der Waals surface area contributed by atoms with Crippen molar-refractivity contribution in [1.29, 1.82) is 0 Å². The van der Waals surface area contributed by atoms with Gasteiger partial charge in [-0.1, -0.05) is 0 Å². The first kappa shape index (κ1) is 15.2. The molecule has 5 heteroatoms. The Morgan fingerprint density at radius 1 is 1.39 bits per heavy atom. The molecule has 1 aliphatic heterocycles. The molecule has 0 aliphatic carbocycles. The molecule has 0 spiro atoms. The van der Waals surface area contributed by atoms with Crippen LogP contribution in [-0.2, 0) is 9.47 Å². The van der Waals surface area contributed by atoms with Crippen molar-refractivity contribution in [3.05, 3.63) is 0 Å². The molecule has 0 bridgehead atoms.